The Balaban J connectivity index is 1.59. The standard InChI is InChI=1S/C17H23N5O3S2/c1-21-13-18-20-17(21)26-12-16(23)19-14-6-8-15(9-7-14)27(24,25)22-10-4-2-3-5-11-22/h6-9,13H,2-5,10-12H2,1H3,(H,19,23). The highest BCUT2D eigenvalue weighted by molar-refractivity contribution is 7.99. The fraction of sp³-hybridized carbons (Fsp3) is 0.471. The average Bonchev–Trinajstić information content (AvgIpc) is 2.88. The van der Waals surface area contributed by atoms with E-state index >= 15 is 0 Å². The zero-order valence-electron chi connectivity index (χ0n) is 15.2. The first-order valence-corrected chi connectivity index (χ1v) is 11.3. The van der Waals surface area contributed by atoms with E-state index in [0.717, 1.165) is 25.7 Å². The van der Waals surface area contributed by atoms with Crippen molar-refractivity contribution in [1.29, 1.82) is 0 Å². The van der Waals surface area contributed by atoms with Gasteiger partial charge in [0.05, 0.1) is 10.6 Å². The summed E-state index contributed by atoms with van der Waals surface area (Å²) in [5.41, 5.74) is 0.563. The van der Waals surface area contributed by atoms with Gasteiger partial charge >= 0.3 is 0 Å². The van der Waals surface area contributed by atoms with E-state index in [1.54, 1.807) is 39.5 Å². The minimum absolute atomic E-state index is 0.189. The summed E-state index contributed by atoms with van der Waals surface area (Å²) >= 11 is 1.28. The van der Waals surface area contributed by atoms with Crippen LogP contribution in [0.2, 0.25) is 0 Å². The van der Waals surface area contributed by atoms with E-state index in [0.29, 0.717) is 23.9 Å². The van der Waals surface area contributed by atoms with Gasteiger partial charge in [-0.05, 0) is 37.1 Å². The molecule has 0 unspecified atom stereocenters. The number of aryl methyl sites for hydroxylation is 1. The number of aromatic nitrogens is 3. The zero-order valence-corrected chi connectivity index (χ0v) is 16.8. The first-order chi connectivity index (χ1) is 13.0. The third-order valence-electron chi connectivity index (χ3n) is 4.34. The Morgan fingerprint density at radius 2 is 1.81 bits per heavy atom. The van der Waals surface area contributed by atoms with Gasteiger partial charge in [0.25, 0.3) is 0 Å². The third-order valence-corrected chi connectivity index (χ3v) is 7.29. The molecule has 3 rings (SSSR count). The van der Waals surface area contributed by atoms with Gasteiger partial charge in [-0.3, -0.25) is 4.79 Å². The fourth-order valence-corrected chi connectivity index (χ4v) is 5.08. The molecule has 146 valence electrons. The summed E-state index contributed by atoms with van der Waals surface area (Å²) in [6.45, 7) is 1.14. The van der Waals surface area contributed by atoms with E-state index in [1.165, 1.54) is 11.8 Å². The van der Waals surface area contributed by atoms with Gasteiger partial charge in [-0.2, -0.15) is 4.31 Å². The number of benzene rings is 1. The molecule has 2 heterocycles. The largest absolute Gasteiger partial charge is 0.325 e. The Labute approximate surface area is 163 Å². The highest BCUT2D eigenvalue weighted by atomic mass is 32.2. The molecule has 0 aliphatic carbocycles. The number of carbonyl (C=O) groups is 1. The second kappa shape index (κ2) is 8.85. The molecule has 10 heteroatoms. The molecule has 1 saturated heterocycles. The van der Waals surface area contributed by atoms with Crippen LogP contribution >= 0.6 is 11.8 Å². The average molecular weight is 410 g/mol. The van der Waals surface area contributed by atoms with Crippen molar-refractivity contribution in [1.82, 2.24) is 19.1 Å². The number of nitrogens with one attached hydrogen (secondary N) is 1. The Hall–Kier alpha value is -1.91. The second-order valence-corrected chi connectivity index (χ2v) is 9.28. The zero-order chi connectivity index (χ0) is 19.3. The maximum Gasteiger partial charge on any atom is 0.243 e. The van der Waals surface area contributed by atoms with Gasteiger partial charge in [0.2, 0.25) is 15.9 Å². The number of thioether (sulfide) groups is 1. The van der Waals surface area contributed by atoms with Crippen molar-refractivity contribution in [3.8, 4) is 0 Å². The molecule has 0 saturated carbocycles. The molecule has 1 aromatic carbocycles. The third kappa shape index (κ3) is 5.08. The highest BCUT2D eigenvalue weighted by Crippen LogP contribution is 2.22. The van der Waals surface area contributed by atoms with Crippen LogP contribution in [0.25, 0.3) is 0 Å². The quantitative estimate of drug-likeness (QED) is 0.734. The normalized spacial score (nSPS) is 16.0. The van der Waals surface area contributed by atoms with Crippen LogP contribution in [0.3, 0.4) is 0 Å². The number of hydrogen-bond donors (Lipinski definition) is 1. The van der Waals surface area contributed by atoms with Crippen molar-refractivity contribution >= 4 is 33.4 Å². The van der Waals surface area contributed by atoms with Gasteiger partial charge in [-0.1, -0.05) is 24.6 Å². The molecule has 1 aromatic heterocycles. The van der Waals surface area contributed by atoms with Crippen LogP contribution in [0.5, 0.6) is 0 Å². The summed E-state index contributed by atoms with van der Waals surface area (Å²) < 4.78 is 28.8. The van der Waals surface area contributed by atoms with E-state index in [-0.39, 0.29) is 16.6 Å². The number of carbonyl (C=O) groups excluding carboxylic acids is 1. The second-order valence-electron chi connectivity index (χ2n) is 6.40. The summed E-state index contributed by atoms with van der Waals surface area (Å²) in [6.07, 6.45) is 5.52. The predicted octanol–water partition coefficient (Wildman–Crippen LogP) is 2.11. The molecule has 0 bridgehead atoms. The van der Waals surface area contributed by atoms with Crippen LogP contribution < -0.4 is 5.32 Å². The Kier molecular flexibility index (Phi) is 6.51. The van der Waals surface area contributed by atoms with Crippen molar-refractivity contribution < 1.29 is 13.2 Å². The van der Waals surface area contributed by atoms with Crippen molar-refractivity contribution in [3.05, 3.63) is 30.6 Å². The van der Waals surface area contributed by atoms with Crippen LogP contribution in [-0.4, -0.2) is 52.2 Å². The SMILES string of the molecule is Cn1cnnc1SCC(=O)Nc1ccc(S(=O)(=O)N2CCCCCC2)cc1. The summed E-state index contributed by atoms with van der Waals surface area (Å²) in [5.74, 6) is 0.00603. The smallest absolute Gasteiger partial charge is 0.243 e. The molecular formula is C17H23N5O3S2. The molecule has 0 atom stereocenters. The van der Waals surface area contributed by atoms with E-state index in [9.17, 15) is 13.2 Å². The maximum absolute atomic E-state index is 12.8. The van der Waals surface area contributed by atoms with Gasteiger partial charge < -0.3 is 9.88 Å². The van der Waals surface area contributed by atoms with Gasteiger partial charge in [0, 0.05) is 25.8 Å². The topological polar surface area (TPSA) is 97.2 Å². The molecule has 1 aliphatic rings. The van der Waals surface area contributed by atoms with Crippen molar-refractivity contribution in [3.63, 3.8) is 0 Å². The van der Waals surface area contributed by atoms with E-state index < -0.39 is 10.0 Å². The van der Waals surface area contributed by atoms with Gasteiger partial charge in [-0.25, -0.2) is 8.42 Å². The number of nitrogens with zero attached hydrogens (tertiary/aromatic N) is 4. The number of amides is 1. The molecule has 8 nitrogen and oxygen atoms in total. The Bertz CT molecular complexity index is 872. The van der Waals surface area contributed by atoms with E-state index in [4.69, 9.17) is 0 Å². The summed E-state index contributed by atoms with van der Waals surface area (Å²) in [4.78, 5) is 12.3. The molecule has 1 fully saturated rings. The summed E-state index contributed by atoms with van der Waals surface area (Å²) in [7, 11) is -1.67. The molecule has 1 N–H and O–H groups in total. The lowest BCUT2D eigenvalue weighted by Gasteiger charge is -2.20. The van der Waals surface area contributed by atoms with Crippen molar-refractivity contribution in [2.24, 2.45) is 7.05 Å². The monoisotopic (exact) mass is 409 g/mol. The summed E-state index contributed by atoms with van der Waals surface area (Å²) in [5, 5.41) is 11.1. The molecule has 1 aliphatic heterocycles. The maximum atomic E-state index is 12.8. The lowest BCUT2D eigenvalue weighted by Crippen LogP contribution is -2.31. The van der Waals surface area contributed by atoms with E-state index in [2.05, 4.69) is 15.5 Å². The van der Waals surface area contributed by atoms with Gasteiger partial charge in [0.15, 0.2) is 5.16 Å². The molecule has 1 amide bonds. The van der Waals surface area contributed by atoms with Gasteiger partial charge in [-0.15, -0.1) is 10.2 Å². The number of rotatable bonds is 6. The molecule has 0 radical (unpaired) electrons. The molecule has 0 spiro atoms. The van der Waals surface area contributed by atoms with Crippen LogP contribution in [0, 0.1) is 0 Å². The number of sulfonamides is 1. The summed E-state index contributed by atoms with van der Waals surface area (Å²) in [6, 6.07) is 6.34. The number of hydrogen-bond acceptors (Lipinski definition) is 6. The van der Waals surface area contributed by atoms with Crippen molar-refractivity contribution in [2.75, 3.05) is 24.2 Å². The van der Waals surface area contributed by atoms with Crippen molar-refractivity contribution in [2.45, 2.75) is 35.7 Å². The van der Waals surface area contributed by atoms with Crippen LogP contribution in [0.15, 0.2) is 40.6 Å². The first kappa shape index (κ1) is 19.8. The highest BCUT2D eigenvalue weighted by Gasteiger charge is 2.24. The minimum atomic E-state index is -3.48. The van der Waals surface area contributed by atoms with Crippen LogP contribution in [-0.2, 0) is 21.9 Å². The first-order valence-electron chi connectivity index (χ1n) is 8.84. The Morgan fingerprint density at radius 1 is 1.15 bits per heavy atom. The predicted molar refractivity (Wildman–Crippen MR) is 104 cm³/mol. The lowest BCUT2D eigenvalue weighted by molar-refractivity contribution is -0.113. The van der Waals surface area contributed by atoms with E-state index in [1.807, 2.05) is 7.05 Å². The lowest BCUT2D eigenvalue weighted by atomic mass is 10.2. The van der Waals surface area contributed by atoms with Gasteiger partial charge in [0.1, 0.15) is 6.33 Å². The Morgan fingerprint density at radius 3 is 2.41 bits per heavy atom. The number of anilines is 1. The van der Waals surface area contributed by atoms with Crippen LogP contribution in [0.1, 0.15) is 25.7 Å². The fourth-order valence-electron chi connectivity index (χ4n) is 2.87. The molecule has 27 heavy (non-hydrogen) atoms. The minimum Gasteiger partial charge on any atom is -0.325 e. The molecular weight excluding hydrogens is 386 g/mol. The molecule has 2 aromatic rings. The van der Waals surface area contributed by atoms with Crippen LogP contribution in [0.4, 0.5) is 5.69 Å².